The summed E-state index contributed by atoms with van der Waals surface area (Å²) >= 11 is 0. The van der Waals surface area contributed by atoms with Gasteiger partial charge in [-0.1, -0.05) is 20.8 Å². The summed E-state index contributed by atoms with van der Waals surface area (Å²) < 4.78 is 0. The van der Waals surface area contributed by atoms with Gasteiger partial charge in [-0.2, -0.15) is 5.10 Å². The van der Waals surface area contributed by atoms with E-state index in [2.05, 4.69) is 15.5 Å². The van der Waals surface area contributed by atoms with Crippen molar-refractivity contribution < 1.29 is 9.90 Å². The number of H-pyrrole nitrogens is 1. The Hall–Kier alpha value is -1.56. The Balaban J connectivity index is 2.57. The van der Waals surface area contributed by atoms with Gasteiger partial charge in [-0.15, -0.1) is 0 Å². The summed E-state index contributed by atoms with van der Waals surface area (Å²) in [5.41, 5.74) is 7.26. The van der Waals surface area contributed by atoms with Crippen LogP contribution in [0.3, 0.4) is 0 Å². The lowest BCUT2D eigenvalue weighted by Crippen LogP contribution is -2.28. The molecule has 0 bridgehead atoms. The fourth-order valence-corrected chi connectivity index (χ4v) is 1.62. The van der Waals surface area contributed by atoms with E-state index in [4.69, 9.17) is 5.73 Å². The number of anilines is 1. The van der Waals surface area contributed by atoms with E-state index in [0.29, 0.717) is 25.1 Å². The number of nitrogens with zero attached hydrogens (tertiary/aromatic N) is 1. The van der Waals surface area contributed by atoms with E-state index < -0.39 is 0 Å². The Labute approximate surface area is 107 Å². The molecule has 1 aromatic heterocycles. The highest BCUT2D eigenvalue weighted by atomic mass is 16.3. The van der Waals surface area contributed by atoms with Crippen LogP contribution in [0, 0.1) is 0 Å². The molecule has 0 fully saturated rings. The first kappa shape index (κ1) is 14.5. The number of nitrogens with one attached hydrogen (secondary N) is 2. The number of aromatic amines is 1. The molecular weight excluding hydrogens is 232 g/mol. The summed E-state index contributed by atoms with van der Waals surface area (Å²) in [4.78, 5) is 11.8. The van der Waals surface area contributed by atoms with Crippen molar-refractivity contribution in [3.8, 4) is 0 Å². The van der Waals surface area contributed by atoms with Crippen molar-refractivity contribution in [2.75, 3.05) is 12.3 Å². The summed E-state index contributed by atoms with van der Waals surface area (Å²) in [6, 6.07) is 0. The third-order valence-corrected chi connectivity index (χ3v) is 2.86. The molecule has 1 unspecified atom stereocenters. The average Bonchev–Trinajstić information content (AvgIpc) is 2.70. The number of hydrogen-bond donors (Lipinski definition) is 4. The number of carbonyl (C=O) groups excluding carboxylic acids is 1. The van der Waals surface area contributed by atoms with E-state index in [-0.39, 0.29) is 23.6 Å². The van der Waals surface area contributed by atoms with Gasteiger partial charge < -0.3 is 16.2 Å². The van der Waals surface area contributed by atoms with Gasteiger partial charge in [-0.05, 0) is 18.8 Å². The highest BCUT2D eigenvalue weighted by molar-refractivity contribution is 5.97. The van der Waals surface area contributed by atoms with Crippen LogP contribution in [0.1, 0.15) is 55.7 Å². The second-order valence-corrected chi connectivity index (χ2v) is 4.66. The highest BCUT2D eigenvalue weighted by Crippen LogP contribution is 2.21. The number of carbonyl (C=O) groups is 1. The Bertz CT molecular complexity index is 401. The van der Waals surface area contributed by atoms with Crippen LogP contribution in [0.2, 0.25) is 0 Å². The van der Waals surface area contributed by atoms with E-state index in [1.165, 1.54) is 0 Å². The summed E-state index contributed by atoms with van der Waals surface area (Å²) in [5.74, 6) is -0.111. The molecule has 0 aromatic carbocycles. The first-order valence-corrected chi connectivity index (χ1v) is 6.27. The van der Waals surface area contributed by atoms with Crippen LogP contribution in [-0.2, 0) is 0 Å². The van der Waals surface area contributed by atoms with Crippen molar-refractivity contribution in [2.24, 2.45) is 0 Å². The molecule has 1 aromatic rings. The smallest absolute Gasteiger partial charge is 0.273 e. The SMILES string of the molecule is CCC(O)CCNC(=O)c1n[nH]c(C(C)C)c1N. The summed E-state index contributed by atoms with van der Waals surface area (Å²) in [6.07, 6.45) is 0.828. The highest BCUT2D eigenvalue weighted by Gasteiger charge is 2.18. The maximum Gasteiger partial charge on any atom is 0.273 e. The molecular formula is C12H22N4O2. The first-order chi connectivity index (χ1) is 8.47. The molecule has 18 heavy (non-hydrogen) atoms. The molecule has 0 aliphatic carbocycles. The van der Waals surface area contributed by atoms with E-state index >= 15 is 0 Å². The number of aromatic nitrogens is 2. The second kappa shape index (κ2) is 6.39. The standard InChI is InChI=1S/C12H22N4O2/c1-4-8(17)5-6-14-12(18)11-9(13)10(7(2)3)15-16-11/h7-8,17H,4-6,13H2,1-3H3,(H,14,18)(H,15,16). The lowest BCUT2D eigenvalue weighted by atomic mass is 10.1. The number of nitrogens with two attached hydrogens (primary N) is 1. The number of aliphatic hydroxyl groups excluding tert-OH is 1. The molecule has 0 saturated heterocycles. The fourth-order valence-electron chi connectivity index (χ4n) is 1.62. The Morgan fingerprint density at radius 3 is 2.72 bits per heavy atom. The van der Waals surface area contributed by atoms with Gasteiger partial charge >= 0.3 is 0 Å². The Morgan fingerprint density at radius 2 is 2.22 bits per heavy atom. The van der Waals surface area contributed by atoms with Gasteiger partial charge in [-0.25, -0.2) is 0 Å². The largest absolute Gasteiger partial charge is 0.395 e. The Kier molecular flexibility index (Phi) is 5.15. The monoisotopic (exact) mass is 254 g/mol. The van der Waals surface area contributed by atoms with Crippen LogP contribution >= 0.6 is 0 Å². The van der Waals surface area contributed by atoms with E-state index in [9.17, 15) is 9.90 Å². The minimum absolute atomic E-state index is 0.195. The van der Waals surface area contributed by atoms with Gasteiger partial charge in [0.15, 0.2) is 5.69 Å². The van der Waals surface area contributed by atoms with E-state index in [0.717, 1.165) is 5.69 Å². The molecule has 0 radical (unpaired) electrons. The number of nitrogen functional groups attached to an aromatic ring is 1. The average molecular weight is 254 g/mol. The van der Waals surface area contributed by atoms with Crippen LogP contribution in [-0.4, -0.2) is 33.9 Å². The molecule has 6 heteroatoms. The summed E-state index contributed by atoms with van der Waals surface area (Å²) in [5, 5.41) is 18.8. The third kappa shape index (κ3) is 3.46. The zero-order valence-electron chi connectivity index (χ0n) is 11.2. The molecule has 1 amide bonds. The molecule has 5 N–H and O–H groups in total. The van der Waals surface area contributed by atoms with Gasteiger partial charge in [0.1, 0.15) is 0 Å². The van der Waals surface area contributed by atoms with Crippen LogP contribution in [0.25, 0.3) is 0 Å². The maximum absolute atomic E-state index is 11.8. The summed E-state index contributed by atoms with van der Waals surface area (Å²) in [7, 11) is 0. The van der Waals surface area contributed by atoms with Gasteiger partial charge in [0.05, 0.1) is 17.5 Å². The molecule has 1 atom stereocenters. The normalized spacial score (nSPS) is 12.7. The van der Waals surface area contributed by atoms with Crippen LogP contribution in [0.15, 0.2) is 0 Å². The van der Waals surface area contributed by atoms with Gasteiger partial charge in [0, 0.05) is 6.54 Å². The topological polar surface area (TPSA) is 104 Å². The summed E-state index contributed by atoms with van der Waals surface area (Å²) in [6.45, 7) is 6.26. The van der Waals surface area contributed by atoms with Crippen molar-refractivity contribution >= 4 is 11.6 Å². The van der Waals surface area contributed by atoms with E-state index in [1.54, 1.807) is 0 Å². The zero-order valence-corrected chi connectivity index (χ0v) is 11.2. The van der Waals surface area contributed by atoms with Crippen molar-refractivity contribution in [1.82, 2.24) is 15.5 Å². The van der Waals surface area contributed by atoms with Crippen molar-refractivity contribution in [1.29, 1.82) is 0 Å². The van der Waals surface area contributed by atoms with Crippen molar-refractivity contribution in [3.63, 3.8) is 0 Å². The minimum atomic E-state index is -0.381. The lowest BCUT2D eigenvalue weighted by Gasteiger charge is -2.08. The first-order valence-electron chi connectivity index (χ1n) is 6.27. The molecule has 6 nitrogen and oxygen atoms in total. The molecule has 1 rings (SSSR count). The fraction of sp³-hybridized carbons (Fsp3) is 0.667. The quantitative estimate of drug-likeness (QED) is 0.608. The minimum Gasteiger partial charge on any atom is -0.395 e. The second-order valence-electron chi connectivity index (χ2n) is 4.66. The molecule has 0 aliphatic heterocycles. The van der Waals surface area contributed by atoms with Gasteiger partial charge in [0.2, 0.25) is 0 Å². The van der Waals surface area contributed by atoms with Gasteiger partial charge in [0.25, 0.3) is 5.91 Å². The number of aliphatic hydroxyl groups is 1. The van der Waals surface area contributed by atoms with E-state index in [1.807, 2.05) is 20.8 Å². The maximum atomic E-state index is 11.8. The third-order valence-electron chi connectivity index (χ3n) is 2.86. The van der Waals surface area contributed by atoms with Crippen LogP contribution in [0.4, 0.5) is 5.69 Å². The molecule has 0 aliphatic rings. The molecule has 102 valence electrons. The zero-order chi connectivity index (χ0) is 13.7. The molecule has 1 heterocycles. The van der Waals surface area contributed by atoms with Crippen LogP contribution < -0.4 is 11.1 Å². The van der Waals surface area contributed by atoms with Crippen molar-refractivity contribution in [3.05, 3.63) is 11.4 Å². The van der Waals surface area contributed by atoms with Crippen molar-refractivity contribution in [2.45, 2.75) is 45.6 Å². The Morgan fingerprint density at radius 1 is 1.56 bits per heavy atom. The molecule has 0 spiro atoms. The number of amides is 1. The molecule has 0 saturated carbocycles. The van der Waals surface area contributed by atoms with Crippen LogP contribution in [0.5, 0.6) is 0 Å². The predicted octanol–water partition coefficient (Wildman–Crippen LogP) is 1.01. The number of hydrogen-bond acceptors (Lipinski definition) is 4. The van der Waals surface area contributed by atoms with Gasteiger partial charge in [-0.3, -0.25) is 9.89 Å². The lowest BCUT2D eigenvalue weighted by molar-refractivity contribution is 0.0938. The number of rotatable bonds is 6. The predicted molar refractivity (Wildman–Crippen MR) is 70.3 cm³/mol.